The summed E-state index contributed by atoms with van der Waals surface area (Å²) in [6.45, 7) is 18.1. The van der Waals surface area contributed by atoms with Crippen molar-refractivity contribution in [1.29, 1.82) is 0 Å². The zero-order chi connectivity index (χ0) is 23.2. The molecule has 0 fully saturated rings. The molecule has 0 spiro atoms. The highest BCUT2D eigenvalue weighted by Gasteiger charge is 2.19. The summed E-state index contributed by atoms with van der Waals surface area (Å²) in [6, 6.07) is 10.9. The molecular weight excluding hydrogens is 388 g/mol. The van der Waals surface area contributed by atoms with Crippen molar-refractivity contribution in [1.82, 2.24) is 0 Å². The van der Waals surface area contributed by atoms with Crippen molar-refractivity contribution in [2.24, 2.45) is 0 Å². The fourth-order valence-corrected chi connectivity index (χ4v) is 2.84. The third kappa shape index (κ3) is 7.97. The number of hydrogen-bond acceptors (Lipinski definition) is 4. The minimum Gasteiger partial charge on any atom is -0.490 e. The molecule has 0 aliphatic carbocycles. The number of ketones is 1. The Kier molecular flexibility index (Phi) is 7.72. The van der Waals surface area contributed by atoms with Crippen molar-refractivity contribution in [2.75, 3.05) is 6.61 Å². The van der Waals surface area contributed by atoms with Crippen LogP contribution in [-0.4, -0.2) is 23.6 Å². The van der Waals surface area contributed by atoms with Crippen LogP contribution in [0.2, 0.25) is 0 Å². The zero-order valence-electron chi connectivity index (χ0n) is 19.7. The van der Waals surface area contributed by atoms with E-state index in [1.807, 2.05) is 66.7 Å². The highest BCUT2D eigenvalue weighted by atomic mass is 16.5. The lowest BCUT2D eigenvalue weighted by Gasteiger charge is -2.26. The van der Waals surface area contributed by atoms with E-state index in [1.54, 1.807) is 36.4 Å². The Hall–Kier alpha value is -3.01. The molecule has 0 aromatic heterocycles. The normalized spacial score (nSPS) is 12.0. The molecule has 4 heteroatoms. The van der Waals surface area contributed by atoms with Gasteiger partial charge in [0.25, 0.3) is 0 Å². The first kappa shape index (κ1) is 24.3. The largest absolute Gasteiger partial charge is 0.490 e. The van der Waals surface area contributed by atoms with Crippen molar-refractivity contribution < 1.29 is 19.0 Å². The Morgan fingerprint density at radius 2 is 1.55 bits per heavy atom. The van der Waals surface area contributed by atoms with Gasteiger partial charge in [-0.25, -0.2) is 0 Å². The van der Waals surface area contributed by atoms with E-state index in [0.29, 0.717) is 23.7 Å². The zero-order valence-corrected chi connectivity index (χ0v) is 19.7. The quantitative estimate of drug-likeness (QED) is 0.266. The molecule has 0 radical (unpaired) electrons. The van der Waals surface area contributed by atoms with Gasteiger partial charge in [-0.05, 0) is 96.0 Å². The molecule has 4 nitrogen and oxygen atoms in total. The maximum atomic E-state index is 12.7. The summed E-state index contributed by atoms with van der Waals surface area (Å²) in [7, 11) is 0. The summed E-state index contributed by atoms with van der Waals surface area (Å²) in [5.41, 5.74) is 1.72. The van der Waals surface area contributed by atoms with Gasteiger partial charge < -0.3 is 14.2 Å². The third-order valence-electron chi connectivity index (χ3n) is 4.13. The van der Waals surface area contributed by atoms with Gasteiger partial charge in [-0.15, -0.1) is 0 Å². The molecule has 2 rings (SSSR count). The van der Waals surface area contributed by atoms with E-state index in [4.69, 9.17) is 14.2 Å². The lowest BCUT2D eigenvalue weighted by Crippen LogP contribution is -2.25. The average molecular weight is 423 g/mol. The fourth-order valence-electron chi connectivity index (χ4n) is 2.84. The number of rotatable bonds is 8. The monoisotopic (exact) mass is 422 g/mol. The molecular formula is C27H34O4. The topological polar surface area (TPSA) is 44.8 Å². The number of hydrogen-bond donors (Lipinski definition) is 0. The van der Waals surface area contributed by atoms with Crippen molar-refractivity contribution in [3.05, 3.63) is 71.8 Å². The van der Waals surface area contributed by atoms with Gasteiger partial charge in [0.1, 0.15) is 35.1 Å². The summed E-state index contributed by atoms with van der Waals surface area (Å²) in [5.74, 6) is 2.06. The van der Waals surface area contributed by atoms with Crippen LogP contribution in [-0.2, 0) is 0 Å². The predicted molar refractivity (Wildman–Crippen MR) is 127 cm³/mol. The highest BCUT2D eigenvalue weighted by Crippen LogP contribution is 2.33. The van der Waals surface area contributed by atoms with E-state index in [0.717, 1.165) is 16.9 Å². The van der Waals surface area contributed by atoms with Gasteiger partial charge >= 0.3 is 0 Å². The van der Waals surface area contributed by atoms with Gasteiger partial charge in [0, 0.05) is 11.6 Å². The van der Waals surface area contributed by atoms with Crippen molar-refractivity contribution in [2.45, 2.75) is 59.7 Å². The van der Waals surface area contributed by atoms with E-state index in [9.17, 15) is 4.79 Å². The van der Waals surface area contributed by atoms with Crippen LogP contribution in [0.3, 0.4) is 0 Å². The molecule has 0 heterocycles. The van der Waals surface area contributed by atoms with Crippen LogP contribution in [0.5, 0.6) is 17.2 Å². The molecule has 0 unspecified atom stereocenters. The Labute approximate surface area is 186 Å². The van der Waals surface area contributed by atoms with Crippen LogP contribution in [0.1, 0.15) is 63.0 Å². The molecule has 0 bridgehead atoms. The number of benzene rings is 2. The molecule has 0 saturated heterocycles. The van der Waals surface area contributed by atoms with Gasteiger partial charge in [0.2, 0.25) is 0 Å². The summed E-state index contributed by atoms with van der Waals surface area (Å²) < 4.78 is 17.7. The Bertz CT molecular complexity index is 939. The average Bonchev–Trinajstić information content (AvgIpc) is 2.65. The lowest BCUT2D eigenvalue weighted by atomic mass is 10.0. The van der Waals surface area contributed by atoms with E-state index in [1.165, 1.54) is 0 Å². The Morgan fingerprint density at radius 1 is 0.935 bits per heavy atom. The molecule has 0 saturated carbocycles. The Balaban J connectivity index is 2.31. The lowest BCUT2D eigenvalue weighted by molar-refractivity contribution is 0.104. The second-order valence-electron chi connectivity index (χ2n) is 9.39. The SMILES string of the molecule is C=CCOc1ccc(C(=O)C=Cc2cc(OC(C)(C)C)cc(OC(C)(C)C)c2C)cc1. The highest BCUT2D eigenvalue weighted by molar-refractivity contribution is 6.07. The van der Waals surface area contributed by atoms with E-state index < -0.39 is 0 Å². The minimum atomic E-state index is -0.350. The molecule has 0 atom stereocenters. The molecule has 0 N–H and O–H groups in total. The van der Waals surface area contributed by atoms with Crippen molar-refractivity contribution in [3.8, 4) is 17.2 Å². The summed E-state index contributed by atoms with van der Waals surface area (Å²) >= 11 is 0. The molecule has 0 aliphatic heterocycles. The molecule has 31 heavy (non-hydrogen) atoms. The third-order valence-corrected chi connectivity index (χ3v) is 4.13. The first-order valence-corrected chi connectivity index (χ1v) is 10.5. The van der Waals surface area contributed by atoms with Gasteiger partial charge in [-0.2, -0.15) is 0 Å². The second kappa shape index (κ2) is 9.86. The maximum Gasteiger partial charge on any atom is 0.185 e. The smallest absolute Gasteiger partial charge is 0.185 e. The van der Waals surface area contributed by atoms with Crippen molar-refractivity contribution in [3.63, 3.8) is 0 Å². The maximum absolute atomic E-state index is 12.7. The van der Waals surface area contributed by atoms with E-state index in [-0.39, 0.29) is 17.0 Å². The van der Waals surface area contributed by atoms with Gasteiger partial charge in [0.05, 0.1) is 0 Å². The minimum absolute atomic E-state index is 0.0879. The summed E-state index contributed by atoms with van der Waals surface area (Å²) in [5, 5.41) is 0. The van der Waals surface area contributed by atoms with Crippen LogP contribution < -0.4 is 14.2 Å². The van der Waals surface area contributed by atoms with E-state index >= 15 is 0 Å². The number of allylic oxidation sites excluding steroid dienone is 1. The molecule has 0 aliphatic rings. The number of carbonyl (C=O) groups is 1. The van der Waals surface area contributed by atoms with Gasteiger partial charge in [-0.1, -0.05) is 18.7 Å². The summed E-state index contributed by atoms with van der Waals surface area (Å²) in [4.78, 5) is 12.7. The molecule has 2 aromatic carbocycles. The Morgan fingerprint density at radius 3 is 2.10 bits per heavy atom. The first-order chi connectivity index (χ1) is 14.4. The molecule has 166 valence electrons. The van der Waals surface area contributed by atoms with Crippen LogP contribution in [0.4, 0.5) is 0 Å². The second-order valence-corrected chi connectivity index (χ2v) is 9.39. The number of ether oxygens (including phenoxy) is 3. The van der Waals surface area contributed by atoms with Crippen LogP contribution in [0.25, 0.3) is 6.08 Å². The standard InChI is InChI=1S/C27H34O4/c1-9-16-29-22-13-10-20(11-14-22)24(28)15-12-21-17-23(30-26(3,4)5)18-25(19(21)2)31-27(6,7)8/h9-15,17-18H,1,16H2,2-8H3. The van der Waals surface area contributed by atoms with Gasteiger partial charge in [0.15, 0.2) is 5.78 Å². The van der Waals surface area contributed by atoms with Gasteiger partial charge in [-0.3, -0.25) is 4.79 Å². The van der Waals surface area contributed by atoms with Crippen LogP contribution >= 0.6 is 0 Å². The summed E-state index contributed by atoms with van der Waals surface area (Å²) in [6.07, 6.45) is 5.06. The first-order valence-electron chi connectivity index (χ1n) is 10.5. The fraction of sp³-hybridized carbons (Fsp3) is 0.370. The van der Waals surface area contributed by atoms with Crippen LogP contribution in [0.15, 0.2) is 55.1 Å². The van der Waals surface area contributed by atoms with Crippen molar-refractivity contribution >= 4 is 11.9 Å². The molecule has 2 aromatic rings. The van der Waals surface area contributed by atoms with E-state index in [2.05, 4.69) is 6.58 Å². The molecule has 0 amide bonds. The number of carbonyl (C=O) groups excluding carboxylic acids is 1. The van der Waals surface area contributed by atoms with Crippen LogP contribution in [0, 0.1) is 6.92 Å². The predicted octanol–water partition coefficient (Wildman–Crippen LogP) is 6.81.